The molecule has 0 amide bonds. The second kappa shape index (κ2) is 7.21. The van der Waals surface area contributed by atoms with Crippen molar-refractivity contribution in [2.45, 2.75) is 26.8 Å². The van der Waals surface area contributed by atoms with Gasteiger partial charge >= 0.3 is 5.97 Å². The van der Waals surface area contributed by atoms with Gasteiger partial charge in [-0.1, -0.05) is 0 Å². The van der Waals surface area contributed by atoms with Crippen molar-refractivity contribution < 1.29 is 14.3 Å². The van der Waals surface area contributed by atoms with Crippen LogP contribution in [0.4, 0.5) is 5.82 Å². The summed E-state index contributed by atoms with van der Waals surface area (Å²) in [5.41, 5.74) is 0.794. The van der Waals surface area contributed by atoms with Gasteiger partial charge < -0.3 is 14.8 Å². The molecular formula is C14H18ClN3O3S. The zero-order valence-corrected chi connectivity index (χ0v) is 14.5. The number of carbonyl (C=O) groups is 1. The highest BCUT2D eigenvalue weighted by Crippen LogP contribution is 2.35. The lowest BCUT2D eigenvalue weighted by molar-refractivity contribution is 0.0393. The van der Waals surface area contributed by atoms with Gasteiger partial charge in [-0.3, -0.25) is 0 Å². The number of thiophene rings is 1. The molecule has 0 aliphatic rings. The zero-order chi connectivity index (χ0) is 16.3. The average molecular weight is 344 g/mol. The largest absolute Gasteiger partial charge is 0.459 e. The number of aryl methyl sites for hydroxylation is 1. The number of rotatable bonds is 6. The first-order valence-corrected chi connectivity index (χ1v) is 8.02. The molecule has 2 aromatic rings. The van der Waals surface area contributed by atoms with E-state index in [4.69, 9.17) is 21.1 Å². The molecule has 0 spiro atoms. The third-order valence-corrected chi connectivity index (χ3v) is 4.23. The van der Waals surface area contributed by atoms with Crippen molar-refractivity contribution in [1.29, 1.82) is 0 Å². The molecule has 0 unspecified atom stereocenters. The van der Waals surface area contributed by atoms with E-state index in [-0.39, 0.29) is 23.9 Å². The standard InChI is InChI=1S/C14H18ClN3O3S/c1-7(2)16-11-9-8(3)10(13(19)21-6-5-20-4)22-12(9)18-14(15)17-11/h7H,5-6H2,1-4H3,(H,16,17,18). The molecule has 2 heterocycles. The molecule has 8 heteroatoms. The topological polar surface area (TPSA) is 73.3 Å². The predicted octanol–water partition coefficient (Wildman–Crippen LogP) is 3.28. The Labute approximate surface area is 137 Å². The maximum absolute atomic E-state index is 12.2. The molecule has 0 atom stereocenters. The van der Waals surface area contributed by atoms with Crippen LogP contribution in [0.15, 0.2) is 0 Å². The summed E-state index contributed by atoms with van der Waals surface area (Å²) in [5, 5.41) is 4.19. The maximum Gasteiger partial charge on any atom is 0.348 e. The van der Waals surface area contributed by atoms with E-state index >= 15 is 0 Å². The molecule has 0 saturated carbocycles. The monoisotopic (exact) mass is 343 g/mol. The maximum atomic E-state index is 12.2. The highest BCUT2D eigenvalue weighted by molar-refractivity contribution is 7.20. The molecule has 1 N–H and O–H groups in total. The van der Waals surface area contributed by atoms with Crippen LogP contribution in [-0.4, -0.2) is 42.3 Å². The van der Waals surface area contributed by atoms with Crippen LogP contribution in [0.1, 0.15) is 29.1 Å². The van der Waals surface area contributed by atoms with Crippen molar-refractivity contribution in [3.8, 4) is 0 Å². The van der Waals surface area contributed by atoms with Gasteiger partial charge in [-0.25, -0.2) is 14.8 Å². The van der Waals surface area contributed by atoms with Crippen LogP contribution >= 0.6 is 22.9 Å². The first-order valence-electron chi connectivity index (χ1n) is 6.83. The van der Waals surface area contributed by atoms with Crippen molar-refractivity contribution in [2.75, 3.05) is 25.6 Å². The van der Waals surface area contributed by atoms with Gasteiger partial charge in [-0.15, -0.1) is 11.3 Å². The summed E-state index contributed by atoms with van der Waals surface area (Å²) in [6.45, 7) is 6.44. The number of ether oxygens (including phenoxy) is 2. The summed E-state index contributed by atoms with van der Waals surface area (Å²) < 4.78 is 10.0. The lowest BCUT2D eigenvalue weighted by atomic mass is 10.2. The van der Waals surface area contributed by atoms with Gasteiger partial charge in [0.25, 0.3) is 0 Å². The molecule has 0 aliphatic carbocycles. The van der Waals surface area contributed by atoms with Crippen molar-refractivity contribution in [3.05, 3.63) is 15.7 Å². The van der Waals surface area contributed by atoms with Crippen molar-refractivity contribution in [1.82, 2.24) is 9.97 Å². The Morgan fingerprint density at radius 2 is 2.09 bits per heavy atom. The first kappa shape index (κ1) is 16.9. The van der Waals surface area contributed by atoms with E-state index in [1.165, 1.54) is 11.3 Å². The third-order valence-electron chi connectivity index (χ3n) is 2.89. The Morgan fingerprint density at radius 3 is 2.73 bits per heavy atom. The van der Waals surface area contributed by atoms with E-state index in [1.807, 2.05) is 20.8 Å². The van der Waals surface area contributed by atoms with E-state index in [1.54, 1.807) is 7.11 Å². The third kappa shape index (κ3) is 3.66. The molecule has 0 bridgehead atoms. The Hall–Kier alpha value is -1.44. The quantitative estimate of drug-likeness (QED) is 0.493. The minimum absolute atomic E-state index is 0.149. The second-order valence-electron chi connectivity index (χ2n) is 5.01. The Bertz CT molecular complexity index is 688. The second-order valence-corrected chi connectivity index (χ2v) is 6.34. The SMILES string of the molecule is COCCOC(=O)c1sc2nc(Cl)nc(NC(C)C)c2c1C. The summed E-state index contributed by atoms with van der Waals surface area (Å²) in [7, 11) is 1.56. The van der Waals surface area contributed by atoms with Crippen LogP contribution in [0.2, 0.25) is 5.28 Å². The van der Waals surface area contributed by atoms with E-state index in [0.29, 0.717) is 22.1 Å². The van der Waals surface area contributed by atoms with Crippen LogP contribution in [0.25, 0.3) is 10.2 Å². The van der Waals surface area contributed by atoms with Gasteiger partial charge in [-0.05, 0) is 37.9 Å². The average Bonchev–Trinajstić information content (AvgIpc) is 2.75. The molecule has 120 valence electrons. The van der Waals surface area contributed by atoms with Crippen molar-refractivity contribution >= 4 is 44.9 Å². The smallest absolute Gasteiger partial charge is 0.348 e. The highest BCUT2D eigenvalue weighted by atomic mass is 35.5. The fourth-order valence-corrected chi connectivity index (χ4v) is 3.26. The van der Waals surface area contributed by atoms with Gasteiger partial charge in [0.15, 0.2) is 0 Å². The molecule has 2 aromatic heterocycles. The molecule has 0 saturated heterocycles. The molecule has 2 rings (SSSR count). The van der Waals surface area contributed by atoms with Crippen molar-refractivity contribution in [3.63, 3.8) is 0 Å². The number of fused-ring (bicyclic) bond motifs is 1. The number of nitrogens with one attached hydrogen (secondary N) is 1. The number of aromatic nitrogens is 2. The van der Waals surface area contributed by atoms with Gasteiger partial charge in [-0.2, -0.15) is 0 Å². The van der Waals surface area contributed by atoms with Crippen LogP contribution in [0.5, 0.6) is 0 Å². The van der Waals surface area contributed by atoms with E-state index < -0.39 is 0 Å². The summed E-state index contributed by atoms with van der Waals surface area (Å²) in [6, 6.07) is 0.186. The Morgan fingerprint density at radius 1 is 1.36 bits per heavy atom. The highest BCUT2D eigenvalue weighted by Gasteiger charge is 2.21. The fraction of sp³-hybridized carbons (Fsp3) is 0.500. The fourth-order valence-electron chi connectivity index (χ4n) is 1.97. The summed E-state index contributed by atoms with van der Waals surface area (Å²) >= 11 is 7.22. The van der Waals surface area contributed by atoms with Crippen LogP contribution in [0, 0.1) is 6.92 Å². The number of anilines is 1. The lowest BCUT2D eigenvalue weighted by Crippen LogP contribution is -2.12. The van der Waals surface area contributed by atoms with Gasteiger partial charge in [0.05, 0.1) is 12.0 Å². The molecule has 22 heavy (non-hydrogen) atoms. The van der Waals surface area contributed by atoms with Crippen LogP contribution in [0.3, 0.4) is 0 Å². The molecular weight excluding hydrogens is 326 g/mol. The molecule has 0 aromatic carbocycles. The predicted molar refractivity (Wildman–Crippen MR) is 88.1 cm³/mol. The van der Waals surface area contributed by atoms with Crippen LogP contribution < -0.4 is 5.32 Å². The van der Waals surface area contributed by atoms with Gasteiger partial charge in [0.2, 0.25) is 5.28 Å². The summed E-state index contributed by atoms with van der Waals surface area (Å²) in [4.78, 5) is 21.8. The molecule has 0 aliphatic heterocycles. The number of halogens is 1. The molecule has 6 nitrogen and oxygen atoms in total. The number of hydrogen-bond acceptors (Lipinski definition) is 7. The minimum Gasteiger partial charge on any atom is -0.459 e. The normalized spacial score (nSPS) is 11.2. The van der Waals surface area contributed by atoms with E-state index in [2.05, 4.69) is 15.3 Å². The van der Waals surface area contributed by atoms with Gasteiger partial charge in [0, 0.05) is 13.2 Å². The first-order chi connectivity index (χ1) is 10.4. The zero-order valence-electron chi connectivity index (χ0n) is 12.9. The Balaban J connectivity index is 2.42. The summed E-state index contributed by atoms with van der Waals surface area (Å²) in [6.07, 6.45) is 0. The molecule has 0 radical (unpaired) electrons. The molecule has 0 fully saturated rings. The summed E-state index contributed by atoms with van der Waals surface area (Å²) in [5.74, 6) is 0.249. The Kier molecular flexibility index (Phi) is 5.55. The number of esters is 1. The van der Waals surface area contributed by atoms with Crippen molar-refractivity contribution in [2.24, 2.45) is 0 Å². The van der Waals surface area contributed by atoms with Gasteiger partial charge in [0.1, 0.15) is 22.1 Å². The van der Waals surface area contributed by atoms with E-state index in [9.17, 15) is 4.79 Å². The van der Waals surface area contributed by atoms with Crippen LogP contribution in [-0.2, 0) is 9.47 Å². The number of nitrogens with zero attached hydrogens (tertiary/aromatic N) is 2. The number of carbonyl (C=O) groups excluding carboxylic acids is 1. The lowest BCUT2D eigenvalue weighted by Gasteiger charge is -2.10. The minimum atomic E-state index is -0.385. The number of hydrogen-bond donors (Lipinski definition) is 1. The van der Waals surface area contributed by atoms with E-state index in [0.717, 1.165) is 10.9 Å². The number of methoxy groups -OCH3 is 1.